The third-order valence-corrected chi connectivity index (χ3v) is 2.16. The van der Waals surface area contributed by atoms with Gasteiger partial charge in [0.2, 0.25) is 0 Å². The molecule has 0 spiro atoms. The molecule has 1 aromatic rings. The maximum atomic E-state index is 10.6. The number of carbonyl (C=O) groups excluding carboxylic acids is 1. The van der Waals surface area contributed by atoms with Crippen LogP contribution in [0.4, 0.5) is 9.93 Å². The summed E-state index contributed by atoms with van der Waals surface area (Å²) in [5.41, 5.74) is 5.44. The quantitative estimate of drug-likeness (QED) is 0.788. The zero-order valence-electron chi connectivity index (χ0n) is 7.69. The monoisotopic (exact) mass is 213 g/mol. The smallest absolute Gasteiger partial charge is 0.407 e. The molecule has 1 rings (SSSR count). The summed E-state index contributed by atoms with van der Waals surface area (Å²) < 4.78 is 4.39. The first kappa shape index (κ1) is 10.5. The lowest BCUT2D eigenvalue weighted by Crippen LogP contribution is -2.22. The van der Waals surface area contributed by atoms with Gasteiger partial charge >= 0.3 is 6.09 Å². The second-order valence-corrected chi connectivity index (χ2v) is 3.47. The lowest BCUT2D eigenvalue weighted by atomic mass is 10.4. The third-order valence-electron chi connectivity index (χ3n) is 1.37. The third kappa shape index (κ3) is 3.44. The summed E-state index contributed by atoms with van der Waals surface area (Å²) in [6.45, 7) is 0.421. The number of ether oxygens (including phenoxy) is 1. The molecule has 5 nitrogen and oxygen atoms in total. The molecule has 6 heteroatoms. The molecule has 1 heterocycles. The minimum atomic E-state index is -0.446. The Morgan fingerprint density at radius 3 is 3.21 bits per heavy atom. The SMILES string of the molecule is COC(=O)NCC=Cc1cnc(N)s1. The van der Waals surface area contributed by atoms with Crippen LogP contribution >= 0.6 is 11.3 Å². The van der Waals surface area contributed by atoms with Crippen LogP contribution in [0.15, 0.2) is 12.3 Å². The molecule has 0 aliphatic heterocycles. The number of nitrogen functional groups attached to an aromatic ring is 1. The van der Waals surface area contributed by atoms with Crippen LogP contribution in [-0.4, -0.2) is 24.7 Å². The molecule has 0 aromatic carbocycles. The number of thiazole rings is 1. The van der Waals surface area contributed by atoms with Crippen LogP contribution in [0, 0.1) is 0 Å². The molecule has 0 fully saturated rings. The summed E-state index contributed by atoms with van der Waals surface area (Å²) >= 11 is 1.39. The van der Waals surface area contributed by atoms with E-state index in [1.54, 1.807) is 12.3 Å². The van der Waals surface area contributed by atoms with Crippen molar-refractivity contribution in [3.8, 4) is 0 Å². The van der Waals surface area contributed by atoms with Gasteiger partial charge in [-0.2, -0.15) is 0 Å². The average Bonchev–Trinajstić information content (AvgIpc) is 2.58. The van der Waals surface area contributed by atoms with Gasteiger partial charge in [-0.3, -0.25) is 0 Å². The van der Waals surface area contributed by atoms with E-state index in [4.69, 9.17) is 5.73 Å². The molecular formula is C8H11N3O2S. The van der Waals surface area contributed by atoms with Gasteiger partial charge in [-0.05, 0) is 6.08 Å². The number of anilines is 1. The molecule has 0 radical (unpaired) electrons. The fourth-order valence-electron chi connectivity index (χ4n) is 0.767. The number of hydrogen-bond acceptors (Lipinski definition) is 5. The summed E-state index contributed by atoms with van der Waals surface area (Å²) in [5.74, 6) is 0. The number of rotatable bonds is 3. The van der Waals surface area contributed by atoms with Crippen molar-refractivity contribution in [1.29, 1.82) is 0 Å². The van der Waals surface area contributed by atoms with Crippen molar-refractivity contribution in [2.24, 2.45) is 0 Å². The van der Waals surface area contributed by atoms with Crippen molar-refractivity contribution in [3.05, 3.63) is 17.2 Å². The number of hydrogen-bond donors (Lipinski definition) is 2. The molecule has 1 amide bonds. The molecule has 76 valence electrons. The molecule has 0 aliphatic carbocycles. The van der Waals surface area contributed by atoms with Crippen LogP contribution in [0.5, 0.6) is 0 Å². The van der Waals surface area contributed by atoms with Gasteiger partial charge in [0.15, 0.2) is 5.13 Å². The van der Waals surface area contributed by atoms with Crippen molar-refractivity contribution in [3.63, 3.8) is 0 Å². The summed E-state index contributed by atoms with van der Waals surface area (Å²) in [4.78, 5) is 15.5. The highest BCUT2D eigenvalue weighted by atomic mass is 32.1. The van der Waals surface area contributed by atoms with Gasteiger partial charge < -0.3 is 15.8 Å². The number of amides is 1. The Morgan fingerprint density at radius 1 is 1.86 bits per heavy atom. The van der Waals surface area contributed by atoms with Crippen LogP contribution in [0.3, 0.4) is 0 Å². The van der Waals surface area contributed by atoms with Gasteiger partial charge in [-0.15, -0.1) is 0 Å². The molecule has 0 saturated carbocycles. The van der Waals surface area contributed by atoms with Crippen LogP contribution < -0.4 is 11.1 Å². The van der Waals surface area contributed by atoms with E-state index in [2.05, 4.69) is 15.0 Å². The first-order valence-electron chi connectivity index (χ1n) is 3.92. The fraction of sp³-hybridized carbons (Fsp3) is 0.250. The van der Waals surface area contributed by atoms with E-state index in [0.717, 1.165) is 4.88 Å². The van der Waals surface area contributed by atoms with E-state index in [0.29, 0.717) is 11.7 Å². The molecule has 0 aliphatic rings. The Hall–Kier alpha value is -1.56. The second-order valence-electron chi connectivity index (χ2n) is 2.38. The predicted molar refractivity (Wildman–Crippen MR) is 56.0 cm³/mol. The highest BCUT2D eigenvalue weighted by molar-refractivity contribution is 7.16. The van der Waals surface area contributed by atoms with E-state index in [9.17, 15) is 4.79 Å². The highest BCUT2D eigenvalue weighted by Crippen LogP contribution is 2.15. The van der Waals surface area contributed by atoms with E-state index in [-0.39, 0.29) is 0 Å². The first-order chi connectivity index (χ1) is 6.72. The lowest BCUT2D eigenvalue weighted by molar-refractivity contribution is 0.172. The molecule has 0 atom stereocenters. The molecule has 0 unspecified atom stereocenters. The number of nitrogens with one attached hydrogen (secondary N) is 1. The van der Waals surface area contributed by atoms with Crippen molar-refractivity contribution in [2.75, 3.05) is 19.4 Å². The average molecular weight is 213 g/mol. The fourth-order valence-corrected chi connectivity index (χ4v) is 1.38. The minimum Gasteiger partial charge on any atom is -0.453 e. The maximum Gasteiger partial charge on any atom is 0.407 e. The Labute approximate surface area is 85.6 Å². The van der Waals surface area contributed by atoms with Crippen LogP contribution in [0.1, 0.15) is 4.88 Å². The topological polar surface area (TPSA) is 77.2 Å². The molecule has 0 bridgehead atoms. The largest absolute Gasteiger partial charge is 0.453 e. The number of methoxy groups -OCH3 is 1. The lowest BCUT2D eigenvalue weighted by Gasteiger charge is -1.97. The van der Waals surface area contributed by atoms with Gasteiger partial charge in [-0.25, -0.2) is 9.78 Å². The van der Waals surface area contributed by atoms with Crippen molar-refractivity contribution in [1.82, 2.24) is 10.3 Å². The van der Waals surface area contributed by atoms with E-state index in [1.807, 2.05) is 6.08 Å². The van der Waals surface area contributed by atoms with Gasteiger partial charge in [0.25, 0.3) is 0 Å². The zero-order valence-corrected chi connectivity index (χ0v) is 8.50. The number of alkyl carbamates (subject to hydrolysis) is 1. The Bertz CT molecular complexity index is 335. The maximum absolute atomic E-state index is 10.6. The number of aromatic nitrogens is 1. The Balaban J connectivity index is 2.31. The zero-order chi connectivity index (χ0) is 10.4. The number of nitrogens with zero attached hydrogens (tertiary/aromatic N) is 1. The summed E-state index contributed by atoms with van der Waals surface area (Å²) in [5, 5.41) is 3.05. The van der Waals surface area contributed by atoms with Crippen LogP contribution in [-0.2, 0) is 4.74 Å². The van der Waals surface area contributed by atoms with Crippen molar-refractivity contribution >= 4 is 28.6 Å². The normalized spacial score (nSPS) is 10.4. The summed E-state index contributed by atoms with van der Waals surface area (Å²) in [7, 11) is 1.32. The summed E-state index contributed by atoms with van der Waals surface area (Å²) in [6.07, 6.45) is 4.86. The molecular weight excluding hydrogens is 202 g/mol. The minimum absolute atomic E-state index is 0.421. The molecule has 0 saturated heterocycles. The van der Waals surface area contributed by atoms with E-state index >= 15 is 0 Å². The standard InChI is InChI=1S/C8H11N3O2S/c1-13-8(12)10-4-2-3-6-5-11-7(9)14-6/h2-3,5H,4H2,1H3,(H2,9,11)(H,10,12). The molecule has 3 N–H and O–H groups in total. The van der Waals surface area contributed by atoms with Crippen molar-refractivity contribution in [2.45, 2.75) is 0 Å². The van der Waals surface area contributed by atoms with E-state index < -0.39 is 6.09 Å². The number of nitrogens with two attached hydrogens (primary N) is 1. The van der Waals surface area contributed by atoms with Gasteiger partial charge in [0.1, 0.15) is 0 Å². The van der Waals surface area contributed by atoms with Gasteiger partial charge in [0, 0.05) is 17.6 Å². The Morgan fingerprint density at radius 2 is 2.64 bits per heavy atom. The highest BCUT2D eigenvalue weighted by Gasteiger charge is 1.94. The van der Waals surface area contributed by atoms with E-state index in [1.165, 1.54) is 18.4 Å². The number of carbonyl (C=O) groups is 1. The predicted octanol–water partition coefficient (Wildman–Crippen LogP) is 1.09. The van der Waals surface area contributed by atoms with Crippen molar-refractivity contribution < 1.29 is 9.53 Å². The van der Waals surface area contributed by atoms with Gasteiger partial charge in [0.05, 0.1) is 7.11 Å². The molecule has 1 aromatic heterocycles. The second kappa shape index (κ2) is 5.23. The Kier molecular flexibility index (Phi) is 3.93. The van der Waals surface area contributed by atoms with Crippen LogP contribution in [0.25, 0.3) is 6.08 Å². The summed E-state index contributed by atoms with van der Waals surface area (Å²) in [6, 6.07) is 0. The van der Waals surface area contributed by atoms with Crippen LogP contribution in [0.2, 0.25) is 0 Å². The molecule has 14 heavy (non-hydrogen) atoms. The first-order valence-corrected chi connectivity index (χ1v) is 4.73. The van der Waals surface area contributed by atoms with Gasteiger partial charge in [-0.1, -0.05) is 17.4 Å².